The summed E-state index contributed by atoms with van der Waals surface area (Å²) >= 11 is 1.89. The van der Waals surface area contributed by atoms with Gasteiger partial charge in [-0.3, -0.25) is 0 Å². The van der Waals surface area contributed by atoms with Crippen LogP contribution < -0.4 is 5.32 Å². The Labute approximate surface area is 233 Å². The van der Waals surface area contributed by atoms with Crippen LogP contribution in [0.4, 0.5) is 11.4 Å². The molecule has 1 spiro atoms. The van der Waals surface area contributed by atoms with E-state index in [9.17, 15) is 0 Å². The highest BCUT2D eigenvalue weighted by molar-refractivity contribution is 7.99. The first-order valence-corrected chi connectivity index (χ1v) is 14.2. The summed E-state index contributed by atoms with van der Waals surface area (Å²) in [5.74, 6) is 0. The largest absolute Gasteiger partial charge is 0.356 e. The van der Waals surface area contributed by atoms with Gasteiger partial charge in [-0.1, -0.05) is 115 Å². The Bertz CT molecular complexity index is 1810. The standard InChI is InChI=1S/C37H25NS/c1-3-11-25(12-4-1)26-19-21-29-30-24-28(38-27-13-5-2-6-14-27)20-22-31(30)37(34(29)23-26)32-15-7-9-17-35(32)39-36-18-10-8-16-33(36)37/h1-24,38H. The molecule has 1 nitrogen and oxygen atoms in total. The van der Waals surface area contributed by atoms with Crippen LogP contribution in [0.25, 0.3) is 22.3 Å². The molecule has 6 aromatic carbocycles. The number of fused-ring (bicyclic) bond motifs is 9. The van der Waals surface area contributed by atoms with Crippen molar-refractivity contribution < 1.29 is 0 Å². The van der Waals surface area contributed by atoms with Crippen LogP contribution >= 0.6 is 11.8 Å². The molecule has 0 saturated carbocycles. The first-order valence-electron chi connectivity index (χ1n) is 13.4. The van der Waals surface area contributed by atoms with E-state index >= 15 is 0 Å². The minimum absolute atomic E-state index is 0.376. The van der Waals surface area contributed by atoms with Gasteiger partial charge >= 0.3 is 0 Å². The smallest absolute Gasteiger partial charge is 0.0735 e. The number of hydrogen-bond donors (Lipinski definition) is 1. The molecule has 2 heteroatoms. The number of anilines is 2. The summed E-state index contributed by atoms with van der Waals surface area (Å²) < 4.78 is 0. The van der Waals surface area contributed by atoms with E-state index in [1.54, 1.807) is 0 Å². The van der Waals surface area contributed by atoms with Gasteiger partial charge in [0.1, 0.15) is 0 Å². The van der Waals surface area contributed by atoms with Crippen LogP contribution in [0.5, 0.6) is 0 Å². The van der Waals surface area contributed by atoms with E-state index in [2.05, 4.69) is 145 Å². The van der Waals surface area contributed by atoms with Gasteiger partial charge in [0.15, 0.2) is 0 Å². The zero-order valence-corrected chi connectivity index (χ0v) is 22.1. The summed E-state index contributed by atoms with van der Waals surface area (Å²) in [5.41, 5.74) is 12.3. The minimum Gasteiger partial charge on any atom is -0.356 e. The van der Waals surface area contributed by atoms with E-state index < -0.39 is 0 Å². The average Bonchev–Trinajstić information content (AvgIpc) is 3.28. The molecule has 8 rings (SSSR count). The second kappa shape index (κ2) is 8.76. The van der Waals surface area contributed by atoms with Gasteiger partial charge in [0, 0.05) is 21.2 Å². The molecule has 2 aliphatic rings. The number of benzene rings is 6. The van der Waals surface area contributed by atoms with Crippen molar-refractivity contribution in [2.24, 2.45) is 0 Å². The van der Waals surface area contributed by atoms with Crippen LogP contribution in [0.1, 0.15) is 22.3 Å². The van der Waals surface area contributed by atoms with E-state index in [-0.39, 0.29) is 5.41 Å². The molecule has 0 saturated heterocycles. The average molecular weight is 516 g/mol. The predicted octanol–water partition coefficient (Wildman–Crippen LogP) is 9.92. The molecule has 6 aromatic rings. The molecule has 1 N–H and O–H groups in total. The third-order valence-electron chi connectivity index (χ3n) is 8.11. The number of nitrogens with one attached hydrogen (secondary N) is 1. The molecular weight excluding hydrogens is 490 g/mol. The first-order chi connectivity index (χ1) is 19.3. The van der Waals surface area contributed by atoms with Crippen molar-refractivity contribution in [3.8, 4) is 22.3 Å². The maximum Gasteiger partial charge on any atom is 0.0735 e. The van der Waals surface area contributed by atoms with Gasteiger partial charge in [0.25, 0.3) is 0 Å². The summed E-state index contributed by atoms with van der Waals surface area (Å²) in [6.07, 6.45) is 0. The minimum atomic E-state index is -0.376. The van der Waals surface area contributed by atoms with Gasteiger partial charge in [0.05, 0.1) is 5.41 Å². The second-order valence-corrected chi connectivity index (χ2v) is 11.3. The molecule has 0 aromatic heterocycles. The Morgan fingerprint density at radius 1 is 0.410 bits per heavy atom. The highest BCUT2D eigenvalue weighted by Gasteiger charge is 2.50. The molecule has 0 bridgehead atoms. The zero-order valence-electron chi connectivity index (χ0n) is 21.3. The lowest BCUT2D eigenvalue weighted by atomic mass is 9.67. The molecule has 184 valence electrons. The van der Waals surface area contributed by atoms with E-state index in [4.69, 9.17) is 0 Å². The van der Waals surface area contributed by atoms with Crippen molar-refractivity contribution >= 4 is 23.1 Å². The summed E-state index contributed by atoms with van der Waals surface area (Å²) in [6, 6.07) is 53.1. The van der Waals surface area contributed by atoms with Gasteiger partial charge in [-0.15, -0.1) is 0 Å². The van der Waals surface area contributed by atoms with Gasteiger partial charge < -0.3 is 5.32 Å². The Morgan fingerprint density at radius 2 is 1.05 bits per heavy atom. The highest BCUT2D eigenvalue weighted by atomic mass is 32.2. The van der Waals surface area contributed by atoms with Gasteiger partial charge in [-0.2, -0.15) is 0 Å². The lowest BCUT2D eigenvalue weighted by molar-refractivity contribution is 0.722. The van der Waals surface area contributed by atoms with Crippen LogP contribution in [0, 0.1) is 0 Å². The molecule has 0 radical (unpaired) electrons. The molecule has 1 aliphatic carbocycles. The van der Waals surface area contributed by atoms with Gasteiger partial charge in [0.2, 0.25) is 0 Å². The molecule has 0 amide bonds. The van der Waals surface area contributed by atoms with Crippen molar-refractivity contribution in [1.29, 1.82) is 0 Å². The second-order valence-electron chi connectivity index (χ2n) is 10.2. The molecule has 39 heavy (non-hydrogen) atoms. The summed E-state index contributed by atoms with van der Waals surface area (Å²) in [6.45, 7) is 0. The Morgan fingerprint density at radius 3 is 1.77 bits per heavy atom. The van der Waals surface area contributed by atoms with Crippen LogP contribution in [0.2, 0.25) is 0 Å². The molecular formula is C37H25NS. The summed E-state index contributed by atoms with van der Waals surface area (Å²) in [7, 11) is 0. The van der Waals surface area contributed by atoms with Gasteiger partial charge in [-0.25, -0.2) is 0 Å². The Kier molecular flexibility index (Phi) is 5.04. The zero-order chi connectivity index (χ0) is 25.8. The fourth-order valence-electron chi connectivity index (χ4n) is 6.48. The first kappa shape index (κ1) is 22.5. The van der Waals surface area contributed by atoms with E-state index in [0.29, 0.717) is 0 Å². The van der Waals surface area contributed by atoms with Crippen molar-refractivity contribution in [1.82, 2.24) is 0 Å². The molecule has 0 atom stereocenters. The fraction of sp³-hybridized carbons (Fsp3) is 0.0270. The van der Waals surface area contributed by atoms with E-state index in [1.807, 2.05) is 17.8 Å². The molecule has 0 unspecified atom stereocenters. The van der Waals surface area contributed by atoms with Crippen molar-refractivity contribution in [2.45, 2.75) is 15.2 Å². The van der Waals surface area contributed by atoms with Gasteiger partial charge in [-0.05, 0) is 87.0 Å². The maximum absolute atomic E-state index is 3.63. The van der Waals surface area contributed by atoms with Crippen LogP contribution in [0.3, 0.4) is 0 Å². The Hall–Kier alpha value is -4.53. The fourth-order valence-corrected chi connectivity index (χ4v) is 7.67. The monoisotopic (exact) mass is 515 g/mol. The lowest BCUT2D eigenvalue weighted by Gasteiger charge is -2.39. The molecule has 0 fully saturated rings. The van der Waals surface area contributed by atoms with E-state index in [1.165, 1.54) is 54.3 Å². The SMILES string of the molecule is c1ccc(Nc2ccc3c(c2)-c2ccc(-c4ccccc4)cc2C32c3ccccc3Sc3ccccc32)cc1. The van der Waals surface area contributed by atoms with Crippen molar-refractivity contribution in [3.05, 3.63) is 168 Å². The predicted molar refractivity (Wildman–Crippen MR) is 163 cm³/mol. The number of para-hydroxylation sites is 1. The normalized spacial score (nSPS) is 13.7. The van der Waals surface area contributed by atoms with Crippen molar-refractivity contribution in [3.63, 3.8) is 0 Å². The third kappa shape index (κ3) is 3.35. The molecule has 1 heterocycles. The quantitative estimate of drug-likeness (QED) is 0.251. The number of rotatable bonds is 3. The van der Waals surface area contributed by atoms with E-state index in [0.717, 1.165) is 11.4 Å². The third-order valence-corrected chi connectivity index (χ3v) is 9.26. The molecule has 1 aliphatic heterocycles. The van der Waals surface area contributed by atoms with Crippen LogP contribution in [-0.4, -0.2) is 0 Å². The maximum atomic E-state index is 3.63. The summed E-state index contributed by atoms with van der Waals surface area (Å²) in [4.78, 5) is 2.65. The van der Waals surface area contributed by atoms with Crippen LogP contribution in [0.15, 0.2) is 155 Å². The lowest BCUT2D eigenvalue weighted by Crippen LogP contribution is -2.32. The Balaban J connectivity index is 1.44. The highest BCUT2D eigenvalue weighted by Crippen LogP contribution is 2.62. The summed E-state index contributed by atoms with van der Waals surface area (Å²) in [5, 5.41) is 3.63. The number of hydrogen-bond acceptors (Lipinski definition) is 2. The topological polar surface area (TPSA) is 12.0 Å². The van der Waals surface area contributed by atoms with Crippen LogP contribution in [-0.2, 0) is 5.41 Å². The van der Waals surface area contributed by atoms with Crippen molar-refractivity contribution in [2.75, 3.05) is 5.32 Å².